The molecule has 3 rings (SSSR count). The van der Waals surface area contributed by atoms with Gasteiger partial charge in [0.15, 0.2) is 0 Å². The molecule has 0 saturated carbocycles. The Morgan fingerprint density at radius 1 is 1.18 bits per heavy atom. The van der Waals surface area contributed by atoms with E-state index in [-0.39, 0.29) is 18.1 Å². The molecule has 0 aliphatic rings. The average Bonchev–Trinajstić information content (AvgIpc) is 3.05. The van der Waals surface area contributed by atoms with Crippen molar-refractivity contribution in [3.8, 4) is 5.82 Å². The SMILES string of the molecule is O=C(Cc1ccc(F)cc1)Nc1ccc(-n2ccnc2)nc1. The number of benzene rings is 1. The highest BCUT2D eigenvalue weighted by atomic mass is 19.1. The van der Waals surface area contributed by atoms with Crippen molar-refractivity contribution in [3.63, 3.8) is 0 Å². The van der Waals surface area contributed by atoms with Crippen LogP contribution < -0.4 is 5.32 Å². The summed E-state index contributed by atoms with van der Waals surface area (Å²) in [5.41, 5.74) is 1.36. The maximum Gasteiger partial charge on any atom is 0.228 e. The number of hydrogen-bond acceptors (Lipinski definition) is 3. The van der Waals surface area contributed by atoms with E-state index in [1.54, 1.807) is 53.8 Å². The minimum Gasteiger partial charge on any atom is -0.324 e. The Morgan fingerprint density at radius 3 is 2.64 bits per heavy atom. The number of halogens is 1. The predicted octanol–water partition coefficient (Wildman–Crippen LogP) is 2.59. The van der Waals surface area contributed by atoms with Gasteiger partial charge in [0.05, 0.1) is 18.3 Å². The molecule has 110 valence electrons. The third-order valence-corrected chi connectivity index (χ3v) is 3.08. The number of aromatic nitrogens is 3. The van der Waals surface area contributed by atoms with Crippen LogP contribution in [0.4, 0.5) is 10.1 Å². The summed E-state index contributed by atoms with van der Waals surface area (Å²) in [7, 11) is 0. The van der Waals surface area contributed by atoms with E-state index >= 15 is 0 Å². The molecule has 0 atom stereocenters. The van der Waals surface area contributed by atoms with Crippen molar-refractivity contribution in [1.82, 2.24) is 14.5 Å². The van der Waals surface area contributed by atoms with Gasteiger partial charge in [0, 0.05) is 12.4 Å². The largest absolute Gasteiger partial charge is 0.324 e. The van der Waals surface area contributed by atoms with Gasteiger partial charge in [0.1, 0.15) is 18.0 Å². The fraction of sp³-hybridized carbons (Fsp3) is 0.0625. The second kappa shape index (κ2) is 6.17. The summed E-state index contributed by atoms with van der Waals surface area (Å²) in [5.74, 6) is 0.223. The summed E-state index contributed by atoms with van der Waals surface area (Å²) in [6.45, 7) is 0. The zero-order valence-corrected chi connectivity index (χ0v) is 11.6. The van der Waals surface area contributed by atoms with Gasteiger partial charge in [-0.3, -0.25) is 9.36 Å². The molecule has 1 N–H and O–H groups in total. The van der Waals surface area contributed by atoms with E-state index in [0.29, 0.717) is 11.5 Å². The number of carbonyl (C=O) groups excluding carboxylic acids is 1. The van der Waals surface area contributed by atoms with Gasteiger partial charge in [-0.15, -0.1) is 0 Å². The molecule has 0 unspecified atom stereocenters. The van der Waals surface area contributed by atoms with Crippen molar-refractivity contribution in [2.75, 3.05) is 5.32 Å². The van der Waals surface area contributed by atoms with Crippen molar-refractivity contribution in [3.05, 3.63) is 72.7 Å². The molecule has 0 spiro atoms. The minimum absolute atomic E-state index is 0.177. The van der Waals surface area contributed by atoms with Crippen molar-refractivity contribution >= 4 is 11.6 Å². The number of hydrogen-bond donors (Lipinski definition) is 1. The molecule has 2 heterocycles. The molecule has 2 aromatic heterocycles. The maximum atomic E-state index is 12.8. The van der Waals surface area contributed by atoms with Gasteiger partial charge in [-0.1, -0.05) is 12.1 Å². The molecule has 1 aromatic carbocycles. The summed E-state index contributed by atoms with van der Waals surface area (Å²) in [5, 5.41) is 2.76. The number of amides is 1. The van der Waals surface area contributed by atoms with Crippen LogP contribution >= 0.6 is 0 Å². The Labute approximate surface area is 126 Å². The number of rotatable bonds is 4. The van der Waals surface area contributed by atoms with E-state index < -0.39 is 0 Å². The van der Waals surface area contributed by atoms with Crippen LogP contribution in [0.5, 0.6) is 0 Å². The van der Waals surface area contributed by atoms with Crippen molar-refractivity contribution in [1.29, 1.82) is 0 Å². The van der Waals surface area contributed by atoms with E-state index in [9.17, 15) is 9.18 Å². The van der Waals surface area contributed by atoms with Gasteiger partial charge in [0.2, 0.25) is 5.91 Å². The number of imidazole rings is 1. The first kappa shape index (κ1) is 13.9. The van der Waals surface area contributed by atoms with Crippen molar-refractivity contribution in [2.24, 2.45) is 0 Å². The van der Waals surface area contributed by atoms with E-state index in [1.165, 1.54) is 12.1 Å². The Balaban J connectivity index is 1.63. The molecule has 1 amide bonds. The van der Waals surface area contributed by atoms with Crippen LogP contribution in [0.25, 0.3) is 5.82 Å². The lowest BCUT2D eigenvalue weighted by atomic mass is 10.1. The van der Waals surface area contributed by atoms with Crippen LogP contribution in [0.15, 0.2) is 61.3 Å². The predicted molar refractivity (Wildman–Crippen MR) is 80.1 cm³/mol. The quantitative estimate of drug-likeness (QED) is 0.805. The van der Waals surface area contributed by atoms with Gasteiger partial charge in [-0.2, -0.15) is 0 Å². The molecule has 0 fully saturated rings. The number of anilines is 1. The fourth-order valence-corrected chi connectivity index (χ4v) is 2.00. The molecule has 3 aromatic rings. The Morgan fingerprint density at radius 2 is 2.00 bits per heavy atom. The first-order valence-electron chi connectivity index (χ1n) is 6.69. The molecule has 6 heteroatoms. The van der Waals surface area contributed by atoms with Gasteiger partial charge < -0.3 is 5.32 Å². The summed E-state index contributed by atoms with van der Waals surface area (Å²) < 4.78 is 14.6. The Bertz CT molecular complexity index is 752. The normalized spacial score (nSPS) is 10.4. The highest BCUT2D eigenvalue weighted by molar-refractivity contribution is 5.92. The second-order valence-electron chi connectivity index (χ2n) is 4.73. The molecule has 0 aliphatic carbocycles. The Kier molecular flexibility index (Phi) is 3.91. The van der Waals surface area contributed by atoms with Gasteiger partial charge >= 0.3 is 0 Å². The third-order valence-electron chi connectivity index (χ3n) is 3.08. The summed E-state index contributed by atoms with van der Waals surface area (Å²) in [6.07, 6.45) is 6.87. The smallest absolute Gasteiger partial charge is 0.228 e. The van der Waals surface area contributed by atoms with Crippen LogP contribution in [-0.2, 0) is 11.2 Å². The zero-order valence-electron chi connectivity index (χ0n) is 11.6. The molecule has 5 nitrogen and oxygen atoms in total. The topological polar surface area (TPSA) is 59.8 Å². The van der Waals surface area contributed by atoms with Crippen LogP contribution in [0.1, 0.15) is 5.56 Å². The summed E-state index contributed by atoms with van der Waals surface area (Å²) in [6, 6.07) is 9.42. The summed E-state index contributed by atoms with van der Waals surface area (Å²) in [4.78, 5) is 20.1. The van der Waals surface area contributed by atoms with Gasteiger partial charge in [0.25, 0.3) is 0 Å². The first-order chi connectivity index (χ1) is 10.7. The molecular weight excluding hydrogens is 283 g/mol. The van der Waals surface area contributed by atoms with Crippen molar-refractivity contribution in [2.45, 2.75) is 6.42 Å². The van der Waals surface area contributed by atoms with Crippen LogP contribution in [0.2, 0.25) is 0 Å². The molecule has 0 saturated heterocycles. The maximum absolute atomic E-state index is 12.8. The summed E-state index contributed by atoms with van der Waals surface area (Å²) >= 11 is 0. The van der Waals surface area contributed by atoms with Crippen molar-refractivity contribution < 1.29 is 9.18 Å². The van der Waals surface area contributed by atoms with E-state index in [4.69, 9.17) is 0 Å². The number of pyridine rings is 1. The lowest BCUT2D eigenvalue weighted by Gasteiger charge is -2.06. The lowest BCUT2D eigenvalue weighted by molar-refractivity contribution is -0.115. The van der Waals surface area contributed by atoms with Gasteiger partial charge in [-0.05, 0) is 29.8 Å². The molecule has 0 radical (unpaired) electrons. The second-order valence-corrected chi connectivity index (χ2v) is 4.73. The molecule has 22 heavy (non-hydrogen) atoms. The fourth-order valence-electron chi connectivity index (χ4n) is 2.00. The molecular formula is C16H13FN4O. The van der Waals surface area contributed by atoms with Crippen LogP contribution in [-0.4, -0.2) is 20.4 Å². The standard InChI is InChI=1S/C16H13FN4O/c17-13-3-1-12(2-4-13)9-16(22)20-14-5-6-15(19-10-14)21-8-7-18-11-21/h1-8,10-11H,9H2,(H,20,22). The number of carbonyl (C=O) groups is 1. The third kappa shape index (κ3) is 3.35. The number of nitrogens with zero attached hydrogens (tertiary/aromatic N) is 3. The highest BCUT2D eigenvalue weighted by Gasteiger charge is 2.05. The van der Waals surface area contributed by atoms with E-state index in [1.807, 2.05) is 0 Å². The van der Waals surface area contributed by atoms with Crippen LogP contribution in [0, 0.1) is 5.82 Å². The van der Waals surface area contributed by atoms with E-state index in [2.05, 4.69) is 15.3 Å². The zero-order chi connectivity index (χ0) is 15.4. The van der Waals surface area contributed by atoms with Gasteiger partial charge in [-0.25, -0.2) is 14.4 Å². The minimum atomic E-state index is -0.316. The highest BCUT2D eigenvalue weighted by Crippen LogP contribution is 2.11. The number of nitrogens with one attached hydrogen (secondary N) is 1. The first-order valence-corrected chi connectivity index (χ1v) is 6.69. The molecule has 0 aliphatic heterocycles. The monoisotopic (exact) mass is 296 g/mol. The lowest BCUT2D eigenvalue weighted by Crippen LogP contribution is -2.14. The Hall–Kier alpha value is -3.02. The van der Waals surface area contributed by atoms with E-state index in [0.717, 1.165) is 5.56 Å². The van der Waals surface area contributed by atoms with Crippen LogP contribution in [0.3, 0.4) is 0 Å². The molecule has 0 bridgehead atoms. The average molecular weight is 296 g/mol.